The van der Waals surface area contributed by atoms with Crippen LogP contribution in [-0.4, -0.2) is 41.5 Å². The van der Waals surface area contributed by atoms with Crippen LogP contribution >= 0.6 is 11.3 Å². The Balaban J connectivity index is 1.88. The first-order valence-corrected chi connectivity index (χ1v) is 8.73. The van der Waals surface area contributed by atoms with Crippen LogP contribution in [0.2, 0.25) is 0 Å². The van der Waals surface area contributed by atoms with Gasteiger partial charge in [-0.1, -0.05) is 13.3 Å². The van der Waals surface area contributed by atoms with Gasteiger partial charge in [0.1, 0.15) is 0 Å². The lowest BCUT2D eigenvalue weighted by molar-refractivity contribution is -0.114. The fourth-order valence-corrected chi connectivity index (χ4v) is 3.51. The molecule has 1 atom stereocenters. The number of carbonyl (C=O) groups excluding carboxylic acids is 1. The molecule has 2 heterocycles. The van der Waals surface area contributed by atoms with E-state index in [0.29, 0.717) is 11.2 Å². The zero-order valence-corrected chi connectivity index (χ0v) is 13.8. The highest BCUT2D eigenvalue weighted by Gasteiger charge is 2.17. The molecule has 5 nitrogen and oxygen atoms in total. The van der Waals surface area contributed by atoms with Crippen LogP contribution in [0.5, 0.6) is 0 Å². The van der Waals surface area contributed by atoms with Gasteiger partial charge in [-0.05, 0) is 32.4 Å². The quantitative estimate of drug-likeness (QED) is 0.812. The Morgan fingerprint density at radius 1 is 1.57 bits per heavy atom. The number of nitrogens with zero attached hydrogens (tertiary/aromatic N) is 2. The van der Waals surface area contributed by atoms with E-state index in [1.165, 1.54) is 37.5 Å². The summed E-state index contributed by atoms with van der Waals surface area (Å²) in [6.45, 7) is 7.91. The third kappa shape index (κ3) is 5.73. The molecular formula is C15H26N4OS. The first-order chi connectivity index (χ1) is 10.2. The first-order valence-electron chi connectivity index (χ1n) is 7.85. The molecule has 1 unspecified atom stereocenters. The van der Waals surface area contributed by atoms with Gasteiger partial charge in [-0.25, -0.2) is 4.98 Å². The lowest BCUT2D eigenvalue weighted by Crippen LogP contribution is -2.43. The summed E-state index contributed by atoms with van der Waals surface area (Å²) in [7, 11) is 0. The maximum Gasteiger partial charge on any atom is 0.223 e. The molecule has 1 aliphatic heterocycles. The lowest BCUT2D eigenvalue weighted by atomic mass is 10.0. The molecule has 1 aromatic rings. The molecule has 2 rings (SSSR count). The number of piperidine rings is 1. The summed E-state index contributed by atoms with van der Waals surface area (Å²) in [5.74, 6) is -0.0623. The number of amides is 1. The molecular weight excluding hydrogens is 284 g/mol. The fourth-order valence-electron chi connectivity index (χ4n) is 2.76. The van der Waals surface area contributed by atoms with E-state index in [-0.39, 0.29) is 5.91 Å². The Kier molecular flexibility index (Phi) is 6.60. The maximum atomic E-state index is 11.0. The molecule has 1 amide bonds. The van der Waals surface area contributed by atoms with Gasteiger partial charge in [-0.3, -0.25) is 9.69 Å². The molecule has 0 aliphatic carbocycles. The number of aromatic nitrogens is 1. The normalized spacial score (nSPS) is 18.9. The predicted octanol–water partition coefficient (Wildman–Crippen LogP) is 2.46. The minimum Gasteiger partial charge on any atom is -0.313 e. The van der Waals surface area contributed by atoms with E-state index in [0.717, 1.165) is 38.3 Å². The van der Waals surface area contributed by atoms with Gasteiger partial charge in [-0.15, -0.1) is 11.3 Å². The average Bonchev–Trinajstić information content (AvgIpc) is 2.86. The minimum absolute atomic E-state index is 0.0623. The molecule has 0 bridgehead atoms. The molecule has 1 aromatic heterocycles. The van der Waals surface area contributed by atoms with E-state index in [1.54, 1.807) is 0 Å². The summed E-state index contributed by atoms with van der Waals surface area (Å²) in [6, 6.07) is 0.610. The molecule has 0 spiro atoms. The average molecular weight is 310 g/mol. The van der Waals surface area contributed by atoms with Gasteiger partial charge in [0.2, 0.25) is 5.91 Å². The number of carbonyl (C=O) groups is 1. The van der Waals surface area contributed by atoms with Gasteiger partial charge in [0.25, 0.3) is 0 Å². The zero-order chi connectivity index (χ0) is 15.1. The van der Waals surface area contributed by atoms with Crippen molar-refractivity contribution in [2.45, 2.75) is 52.1 Å². The van der Waals surface area contributed by atoms with Crippen LogP contribution in [0.25, 0.3) is 0 Å². The molecule has 1 fully saturated rings. The highest BCUT2D eigenvalue weighted by Crippen LogP contribution is 2.17. The third-order valence-electron chi connectivity index (χ3n) is 3.65. The molecule has 21 heavy (non-hydrogen) atoms. The monoisotopic (exact) mass is 310 g/mol. The van der Waals surface area contributed by atoms with Gasteiger partial charge in [0.15, 0.2) is 5.13 Å². The summed E-state index contributed by atoms with van der Waals surface area (Å²) in [5.41, 5.74) is 1.05. The predicted molar refractivity (Wildman–Crippen MR) is 87.6 cm³/mol. The summed E-state index contributed by atoms with van der Waals surface area (Å²) in [6.07, 6.45) is 5.06. The number of thiazole rings is 1. The summed E-state index contributed by atoms with van der Waals surface area (Å²) >= 11 is 1.50. The van der Waals surface area contributed by atoms with Crippen molar-refractivity contribution in [3.8, 4) is 0 Å². The van der Waals surface area contributed by atoms with Crippen molar-refractivity contribution in [3.63, 3.8) is 0 Å². The third-order valence-corrected chi connectivity index (χ3v) is 4.46. The van der Waals surface area contributed by atoms with Gasteiger partial charge < -0.3 is 10.6 Å². The highest BCUT2D eigenvalue weighted by atomic mass is 32.1. The van der Waals surface area contributed by atoms with E-state index in [1.807, 2.05) is 5.38 Å². The van der Waals surface area contributed by atoms with Gasteiger partial charge in [0.05, 0.1) is 5.69 Å². The molecule has 0 aromatic carbocycles. The fraction of sp³-hybridized carbons (Fsp3) is 0.733. The van der Waals surface area contributed by atoms with E-state index in [9.17, 15) is 4.79 Å². The van der Waals surface area contributed by atoms with E-state index in [4.69, 9.17) is 0 Å². The second-order valence-corrected chi connectivity index (χ2v) is 6.57. The Labute approximate surface area is 131 Å². The lowest BCUT2D eigenvalue weighted by Gasteiger charge is -2.30. The van der Waals surface area contributed by atoms with Crippen molar-refractivity contribution in [3.05, 3.63) is 11.1 Å². The number of anilines is 1. The molecule has 1 aliphatic rings. The highest BCUT2D eigenvalue weighted by molar-refractivity contribution is 7.13. The van der Waals surface area contributed by atoms with Crippen molar-refractivity contribution in [2.75, 3.05) is 25.0 Å². The molecule has 1 saturated heterocycles. The minimum atomic E-state index is -0.0623. The van der Waals surface area contributed by atoms with Gasteiger partial charge >= 0.3 is 0 Å². The molecule has 0 radical (unpaired) electrons. The number of hydrogen-bond acceptors (Lipinski definition) is 5. The molecule has 0 saturated carbocycles. The topological polar surface area (TPSA) is 57.3 Å². The van der Waals surface area contributed by atoms with Crippen molar-refractivity contribution >= 4 is 22.4 Å². The zero-order valence-electron chi connectivity index (χ0n) is 13.0. The smallest absolute Gasteiger partial charge is 0.223 e. The number of rotatable bonds is 7. The van der Waals surface area contributed by atoms with E-state index in [2.05, 4.69) is 27.4 Å². The van der Waals surface area contributed by atoms with Gasteiger partial charge in [-0.2, -0.15) is 0 Å². The number of nitrogens with one attached hydrogen (secondary N) is 2. The molecule has 118 valence electrons. The van der Waals surface area contributed by atoms with Crippen LogP contribution < -0.4 is 10.6 Å². The summed E-state index contributed by atoms with van der Waals surface area (Å²) in [5, 5.41) is 9.10. The standard InChI is InChI=1S/C15H26N4OS/c1-3-8-19(9-13-6-4-5-7-16-13)10-14-11-21-15(18-14)17-12(2)20/h11,13,16H,3-10H2,1-2H3,(H,17,18,20). The van der Waals surface area contributed by atoms with E-state index < -0.39 is 0 Å². The van der Waals surface area contributed by atoms with Crippen molar-refractivity contribution in [1.82, 2.24) is 15.2 Å². The Bertz CT molecular complexity index is 443. The van der Waals surface area contributed by atoms with Crippen LogP contribution in [0.3, 0.4) is 0 Å². The Morgan fingerprint density at radius 3 is 3.10 bits per heavy atom. The van der Waals surface area contributed by atoms with E-state index >= 15 is 0 Å². The van der Waals surface area contributed by atoms with Crippen molar-refractivity contribution in [1.29, 1.82) is 0 Å². The SMILES string of the molecule is CCCN(Cc1csc(NC(C)=O)n1)CC1CCCCN1. The second kappa shape index (κ2) is 8.46. The van der Waals surface area contributed by atoms with Crippen LogP contribution in [0, 0.1) is 0 Å². The molecule has 6 heteroatoms. The van der Waals surface area contributed by atoms with Crippen LogP contribution in [0.15, 0.2) is 5.38 Å². The number of hydrogen-bond donors (Lipinski definition) is 2. The second-order valence-electron chi connectivity index (χ2n) is 5.71. The first kappa shape index (κ1) is 16.4. The van der Waals surface area contributed by atoms with Crippen LogP contribution in [0.4, 0.5) is 5.13 Å². The molecule has 2 N–H and O–H groups in total. The maximum absolute atomic E-state index is 11.0. The Hall–Kier alpha value is -0.980. The van der Waals surface area contributed by atoms with Crippen LogP contribution in [-0.2, 0) is 11.3 Å². The summed E-state index contributed by atoms with van der Waals surface area (Å²) < 4.78 is 0. The van der Waals surface area contributed by atoms with Gasteiger partial charge in [0, 0.05) is 31.4 Å². The Morgan fingerprint density at radius 2 is 2.43 bits per heavy atom. The van der Waals surface area contributed by atoms with Crippen molar-refractivity contribution < 1.29 is 4.79 Å². The van der Waals surface area contributed by atoms with Crippen molar-refractivity contribution in [2.24, 2.45) is 0 Å². The summed E-state index contributed by atoms with van der Waals surface area (Å²) in [4.78, 5) is 18.0. The largest absolute Gasteiger partial charge is 0.313 e. The van der Waals surface area contributed by atoms with Crippen LogP contribution in [0.1, 0.15) is 45.2 Å².